The van der Waals surface area contributed by atoms with Crippen molar-refractivity contribution in [3.05, 3.63) is 29.3 Å². The number of nitrogens with one attached hydrogen (secondary N) is 2. The second-order valence-corrected chi connectivity index (χ2v) is 6.29. The molecule has 0 radical (unpaired) electrons. The SMILES string of the molecule is CC(C)OCCCNC(=O)CN(C)CC(=O)Nc1ccc(Cl)cc1. The third kappa shape index (κ3) is 9.50. The minimum absolute atomic E-state index is 0.110. The molecule has 0 aliphatic rings. The lowest BCUT2D eigenvalue weighted by Crippen LogP contribution is -2.39. The summed E-state index contributed by atoms with van der Waals surface area (Å²) in [5.41, 5.74) is 0.674. The topological polar surface area (TPSA) is 70.7 Å². The van der Waals surface area contributed by atoms with Crippen molar-refractivity contribution in [1.29, 1.82) is 0 Å². The van der Waals surface area contributed by atoms with Crippen LogP contribution in [0.1, 0.15) is 20.3 Å². The van der Waals surface area contributed by atoms with Crippen LogP contribution in [0.2, 0.25) is 5.02 Å². The molecule has 0 aromatic heterocycles. The Kier molecular flexibility index (Phi) is 9.37. The largest absolute Gasteiger partial charge is 0.379 e. The van der Waals surface area contributed by atoms with Crippen molar-refractivity contribution in [2.75, 3.05) is 38.6 Å². The fraction of sp³-hybridized carbons (Fsp3) is 0.529. The molecule has 1 rings (SSSR count). The van der Waals surface area contributed by atoms with Gasteiger partial charge in [-0.25, -0.2) is 0 Å². The van der Waals surface area contributed by atoms with Gasteiger partial charge < -0.3 is 15.4 Å². The lowest BCUT2D eigenvalue weighted by atomic mass is 10.3. The van der Waals surface area contributed by atoms with E-state index < -0.39 is 0 Å². The van der Waals surface area contributed by atoms with Gasteiger partial charge in [-0.2, -0.15) is 0 Å². The number of anilines is 1. The zero-order valence-corrected chi connectivity index (χ0v) is 15.2. The van der Waals surface area contributed by atoms with Crippen LogP contribution in [-0.4, -0.2) is 56.1 Å². The highest BCUT2D eigenvalue weighted by atomic mass is 35.5. The first-order valence-corrected chi connectivity index (χ1v) is 8.37. The summed E-state index contributed by atoms with van der Waals surface area (Å²) in [6, 6.07) is 6.87. The normalized spacial score (nSPS) is 10.9. The molecule has 2 amide bonds. The summed E-state index contributed by atoms with van der Waals surface area (Å²) in [5, 5.41) is 6.18. The van der Waals surface area contributed by atoms with Crippen molar-refractivity contribution < 1.29 is 14.3 Å². The average molecular weight is 356 g/mol. The highest BCUT2D eigenvalue weighted by molar-refractivity contribution is 6.30. The van der Waals surface area contributed by atoms with Crippen molar-refractivity contribution in [1.82, 2.24) is 10.2 Å². The van der Waals surface area contributed by atoms with Crippen LogP contribution in [0, 0.1) is 0 Å². The van der Waals surface area contributed by atoms with E-state index in [0.29, 0.717) is 23.9 Å². The Morgan fingerprint density at radius 1 is 1.17 bits per heavy atom. The predicted molar refractivity (Wildman–Crippen MR) is 96.3 cm³/mol. The maximum absolute atomic E-state index is 11.9. The van der Waals surface area contributed by atoms with Crippen LogP contribution in [-0.2, 0) is 14.3 Å². The third-order valence-electron chi connectivity index (χ3n) is 3.05. The zero-order valence-electron chi connectivity index (χ0n) is 14.5. The first kappa shape index (κ1) is 20.4. The molecule has 1 aromatic rings. The molecule has 0 fully saturated rings. The highest BCUT2D eigenvalue weighted by Crippen LogP contribution is 2.13. The fourth-order valence-corrected chi connectivity index (χ4v) is 2.08. The van der Waals surface area contributed by atoms with Gasteiger partial charge in [0.2, 0.25) is 11.8 Å². The van der Waals surface area contributed by atoms with E-state index in [9.17, 15) is 9.59 Å². The molecule has 24 heavy (non-hydrogen) atoms. The van der Waals surface area contributed by atoms with Gasteiger partial charge in [0.05, 0.1) is 19.2 Å². The van der Waals surface area contributed by atoms with Gasteiger partial charge in [-0.05, 0) is 51.6 Å². The molecule has 0 bridgehead atoms. The van der Waals surface area contributed by atoms with Gasteiger partial charge in [-0.15, -0.1) is 0 Å². The zero-order chi connectivity index (χ0) is 17.9. The molecule has 0 saturated heterocycles. The number of rotatable bonds is 10. The Labute approximate surface area is 148 Å². The number of benzene rings is 1. The van der Waals surface area contributed by atoms with Crippen molar-refractivity contribution >= 4 is 29.1 Å². The van der Waals surface area contributed by atoms with Crippen molar-refractivity contribution in [2.45, 2.75) is 26.4 Å². The second-order valence-electron chi connectivity index (χ2n) is 5.85. The summed E-state index contributed by atoms with van der Waals surface area (Å²) in [6.45, 7) is 5.44. The predicted octanol–water partition coefficient (Wildman–Crippen LogP) is 2.14. The van der Waals surface area contributed by atoms with Gasteiger partial charge in [-0.1, -0.05) is 11.6 Å². The Morgan fingerprint density at radius 2 is 1.79 bits per heavy atom. The first-order valence-electron chi connectivity index (χ1n) is 7.99. The maximum atomic E-state index is 11.9. The molecule has 0 heterocycles. The van der Waals surface area contributed by atoms with E-state index in [2.05, 4.69) is 10.6 Å². The standard InChI is InChI=1S/C17H26ClN3O3/c1-13(2)24-10-4-9-19-16(22)11-21(3)12-17(23)20-15-7-5-14(18)6-8-15/h5-8,13H,4,9-12H2,1-3H3,(H,19,22)(H,20,23). The number of ether oxygens (including phenoxy) is 1. The van der Waals surface area contributed by atoms with Crippen LogP contribution in [0.4, 0.5) is 5.69 Å². The molecule has 2 N–H and O–H groups in total. The van der Waals surface area contributed by atoms with Crippen molar-refractivity contribution in [2.24, 2.45) is 0 Å². The van der Waals surface area contributed by atoms with Crippen LogP contribution in [0.3, 0.4) is 0 Å². The highest BCUT2D eigenvalue weighted by Gasteiger charge is 2.10. The molecular weight excluding hydrogens is 330 g/mol. The lowest BCUT2D eigenvalue weighted by molar-refractivity contribution is -0.123. The summed E-state index contributed by atoms with van der Waals surface area (Å²) in [5.74, 6) is -0.292. The number of carbonyl (C=O) groups excluding carboxylic acids is 2. The van der Waals surface area contributed by atoms with Crippen molar-refractivity contribution in [3.63, 3.8) is 0 Å². The molecule has 1 aromatic carbocycles. The maximum Gasteiger partial charge on any atom is 0.238 e. The number of halogens is 1. The van der Waals surface area contributed by atoms with E-state index in [0.717, 1.165) is 6.42 Å². The van der Waals surface area contributed by atoms with Crippen LogP contribution in [0.15, 0.2) is 24.3 Å². The van der Waals surface area contributed by atoms with Crippen LogP contribution >= 0.6 is 11.6 Å². The molecule has 134 valence electrons. The van der Waals surface area contributed by atoms with Gasteiger partial charge in [0, 0.05) is 23.9 Å². The number of carbonyl (C=O) groups is 2. The second kappa shape index (κ2) is 11.0. The minimum atomic E-state index is -0.182. The fourth-order valence-electron chi connectivity index (χ4n) is 1.95. The summed E-state index contributed by atoms with van der Waals surface area (Å²) < 4.78 is 5.40. The molecule has 6 nitrogen and oxygen atoms in total. The van der Waals surface area contributed by atoms with E-state index in [4.69, 9.17) is 16.3 Å². The molecule has 0 aliphatic carbocycles. The number of amides is 2. The van der Waals surface area contributed by atoms with Gasteiger partial charge in [-0.3, -0.25) is 14.5 Å². The van der Waals surface area contributed by atoms with Gasteiger partial charge in [0.15, 0.2) is 0 Å². The number of nitrogens with zero attached hydrogens (tertiary/aromatic N) is 1. The molecular formula is C17H26ClN3O3. The van der Waals surface area contributed by atoms with E-state index in [1.807, 2.05) is 13.8 Å². The quantitative estimate of drug-likeness (QED) is 0.631. The third-order valence-corrected chi connectivity index (χ3v) is 3.30. The Morgan fingerprint density at radius 3 is 2.42 bits per heavy atom. The molecule has 0 unspecified atom stereocenters. The lowest BCUT2D eigenvalue weighted by Gasteiger charge is -2.16. The molecule has 0 aliphatic heterocycles. The van der Waals surface area contributed by atoms with Gasteiger partial charge >= 0.3 is 0 Å². The van der Waals surface area contributed by atoms with E-state index in [-0.39, 0.29) is 31.0 Å². The van der Waals surface area contributed by atoms with Gasteiger partial charge in [0.25, 0.3) is 0 Å². The number of hydrogen-bond acceptors (Lipinski definition) is 4. The van der Waals surface area contributed by atoms with Crippen molar-refractivity contribution in [3.8, 4) is 0 Å². The minimum Gasteiger partial charge on any atom is -0.379 e. The molecule has 0 saturated carbocycles. The van der Waals surface area contributed by atoms with Gasteiger partial charge in [0.1, 0.15) is 0 Å². The van der Waals surface area contributed by atoms with E-state index in [1.165, 1.54) is 0 Å². The molecule has 0 spiro atoms. The van der Waals surface area contributed by atoms with Crippen LogP contribution in [0.25, 0.3) is 0 Å². The van der Waals surface area contributed by atoms with E-state index in [1.54, 1.807) is 36.2 Å². The smallest absolute Gasteiger partial charge is 0.238 e. The summed E-state index contributed by atoms with van der Waals surface area (Å²) in [6.07, 6.45) is 0.969. The van der Waals surface area contributed by atoms with Crippen LogP contribution in [0.5, 0.6) is 0 Å². The first-order chi connectivity index (χ1) is 11.4. The Hall–Kier alpha value is -1.63. The monoisotopic (exact) mass is 355 g/mol. The summed E-state index contributed by atoms with van der Waals surface area (Å²) >= 11 is 5.79. The van der Waals surface area contributed by atoms with E-state index >= 15 is 0 Å². The number of likely N-dealkylation sites (N-methyl/N-ethyl adjacent to an activating group) is 1. The van der Waals surface area contributed by atoms with Crippen LogP contribution < -0.4 is 10.6 Å². The molecule has 0 atom stereocenters. The molecule has 7 heteroatoms. The number of hydrogen-bond donors (Lipinski definition) is 2. The Balaban J connectivity index is 2.19. The summed E-state index contributed by atoms with van der Waals surface area (Å²) in [7, 11) is 1.73. The summed E-state index contributed by atoms with van der Waals surface area (Å²) in [4.78, 5) is 25.4. The average Bonchev–Trinajstić information content (AvgIpc) is 2.48. The Bertz CT molecular complexity index is 520.